The van der Waals surface area contributed by atoms with E-state index in [-0.39, 0.29) is 5.69 Å². The van der Waals surface area contributed by atoms with Crippen LogP contribution in [-0.2, 0) is 13.6 Å². The van der Waals surface area contributed by atoms with E-state index in [0.29, 0.717) is 12.5 Å². The fourth-order valence-electron chi connectivity index (χ4n) is 4.28. The Labute approximate surface area is 178 Å². The highest BCUT2D eigenvalue weighted by Crippen LogP contribution is 2.35. The molecule has 0 atom stereocenters. The maximum Gasteiger partial charge on any atom is 0.330 e. The minimum Gasteiger partial charge on any atom is -0.492 e. The van der Waals surface area contributed by atoms with Crippen molar-refractivity contribution in [3.8, 4) is 5.75 Å². The van der Waals surface area contributed by atoms with Gasteiger partial charge in [0, 0.05) is 32.9 Å². The summed E-state index contributed by atoms with van der Waals surface area (Å²) in [5.74, 6) is 1.31. The van der Waals surface area contributed by atoms with Gasteiger partial charge in [-0.2, -0.15) is 0 Å². The summed E-state index contributed by atoms with van der Waals surface area (Å²) < 4.78 is 10.4. The minimum absolute atomic E-state index is 0.0146. The molecule has 1 aliphatic heterocycles. The van der Waals surface area contributed by atoms with Crippen molar-refractivity contribution in [1.29, 1.82) is 0 Å². The molecule has 3 aromatic heterocycles. The highest BCUT2D eigenvalue weighted by Gasteiger charge is 2.24. The standard InChI is InChI=1S/C22H25N5O2S/c1-3-29-17-7-4-8-18-19(17)24-21(30-18)26-12-9-15(10-13-26)14-27-20-16(6-5-11-23-20)25(2)22(27)28/h4-8,11,15H,3,9-10,12-14H2,1-2H3. The van der Waals surface area contributed by atoms with Gasteiger partial charge in [0.1, 0.15) is 11.3 Å². The predicted octanol–water partition coefficient (Wildman–Crippen LogP) is 3.66. The zero-order valence-corrected chi connectivity index (χ0v) is 18.1. The van der Waals surface area contributed by atoms with Gasteiger partial charge in [-0.25, -0.2) is 14.8 Å². The van der Waals surface area contributed by atoms with Crippen LogP contribution >= 0.6 is 11.3 Å². The van der Waals surface area contributed by atoms with E-state index in [1.165, 1.54) is 0 Å². The summed E-state index contributed by atoms with van der Waals surface area (Å²) in [7, 11) is 1.81. The van der Waals surface area contributed by atoms with Gasteiger partial charge in [0.15, 0.2) is 10.8 Å². The number of nitrogens with zero attached hydrogens (tertiary/aromatic N) is 5. The number of para-hydroxylation sites is 1. The van der Waals surface area contributed by atoms with Crippen molar-refractivity contribution in [3.05, 3.63) is 47.0 Å². The number of hydrogen-bond acceptors (Lipinski definition) is 6. The first-order chi connectivity index (χ1) is 14.7. The molecular weight excluding hydrogens is 398 g/mol. The van der Waals surface area contributed by atoms with Gasteiger partial charge in [0.25, 0.3) is 0 Å². The summed E-state index contributed by atoms with van der Waals surface area (Å²) in [4.78, 5) is 24.4. The van der Waals surface area contributed by atoms with Crippen molar-refractivity contribution in [3.63, 3.8) is 0 Å². The number of benzene rings is 1. The van der Waals surface area contributed by atoms with E-state index < -0.39 is 0 Å². The molecule has 1 aliphatic rings. The third kappa shape index (κ3) is 3.25. The second-order valence-corrected chi connectivity index (χ2v) is 8.77. The Morgan fingerprint density at radius 2 is 2.03 bits per heavy atom. The van der Waals surface area contributed by atoms with Crippen molar-refractivity contribution in [1.82, 2.24) is 19.1 Å². The molecule has 8 heteroatoms. The van der Waals surface area contributed by atoms with Crippen LogP contribution in [0.5, 0.6) is 5.75 Å². The molecule has 4 heterocycles. The van der Waals surface area contributed by atoms with E-state index in [2.05, 4.69) is 16.0 Å². The van der Waals surface area contributed by atoms with Crippen molar-refractivity contribution in [2.75, 3.05) is 24.6 Å². The highest BCUT2D eigenvalue weighted by molar-refractivity contribution is 7.22. The molecule has 4 aromatic rings. The average Bonchev–Trinajstić information content (AvgIpc) is 3.31. The Morgan fingerprint density at radius 1 is 1.20 bits per heavy atom. The number of fused-ring (bicyclic) bond motifs is 2. The number of thiazole rings is 1. The van der Waals surface area contributed by atoms with Gasteiger partial charge in [0.2, 0.25) is 0 Å². The van der Waals surface area contributed by atoms with E-state index >= 15 is 0 Å². The van der Waals surface area contributed by atoms with Crippen LogP contribution in [0.3, 0.4) is 0 Å². The van der Waals surface area contributed by atoms with Gasteiger partial charge in [-0.3, -0.25) is 9.13 Å². The van der Waals surface area contributed by atoms with E-state index in [0.717, 1.165) is 64.7 Å². The number of rotatable bonds is 5. The van der Waals surface area contributed by atoms with E-state index in [1.807, 2.05) is 42.8 Å². The Balaban J connectivity index is 1.32. The van der Waals surface area contributed by atoms with Crippen LogP contribution in [-0.4, -0.2) is 38.8 Å². The maximum absolute atomic E-state index is 12.7. The average molecular weight is 424 g/mol. The van der Waals surface area contributed by atoms with Gasteiger partial charge < -0.3 is 9.64 Å². The summed E-state index contributed by atoms with van der Waals surface area (Å²) in [5.41, 5.74) is 2.64. The lowest BCUT2D eigenvalue weighted by atomic mass is 9.97. The van der Waals surface area contributed by atoms with Crippen molar-refractivity contribution in [2.45, 2.75) is 26.3 Å². The van der Waals surface area contributed by atoms with Gasteiger partial charge >= 0.3 is 5.69 Å². The van der Waals surface area contributed by atoms with E-state index in [9.17, 15) is 4.79 Å². The molecule has 1 fully saturated rings. The number of piperidine rings is 1. The lowest BCUT2D eigenvalue weighted by Gasteiger charge is -2.31. The van der Waals surface area contributed by atoms with Crippen LogP contribution in [0.15, 0.2) is 41.3 Å². The monoisotopic (exact) mass is 423 g/mol. The van der Waals surface area contributed by atoms with Crippen molar-refractivity contribution >= 4 is 37.8 Å². The second kappa shape index (κ2) is 7.75. The van der Waals surface area contributed by atoms with Crippen LogP contribution in [0.25, 0.3) is 21.4 Å². The molecule has 5 rings (SSSR count). The summed E-state index contributed by atoms with van der Waals surface area (Å²) >= 11 is 1.72. The quantitative estimate of drug-likeness (QED) is 0.490. The number of imidazole rings is 1. The predicted molar refractivity (Wildman–Crippen MR) is 121 cm³/mol. The highest BCUT2D eigenvalue weighted by atomic mass is 32.1. The van der Waals surface area contributed by atoms with Gasteiger partial charge in [-0.05, 0) is 49.9 Å². The summed E-state index contributed by atoms with van der Waals surface area (Å²) in [5, 5.41) is 1.06. The molecule has 156 valence electrons. The molecule has 0 amide bonds. The van der Waals surface area contributed by atoms with Crippen LogP contribution < -0.4 is 15.3 Å². The molecule has 0 bridgehead atoms. The van der Waals surface area contributed by atoms with Gasteiger partial charge in [0.05, 0.1) is 16.8 Å². The zero-order chi connectivity index (χ0) is 20.7. The number of aromatic nitrogens is 4. The largest absolute Gasteiger partial charge is 0.492 e. The number of pyridine rings is 1. The molecule has 30 heavy (non-hydrogen) atoms. The van der Waals surface area contributed by atoms with Gasteiger partial charge in [-0.1, -0.05) is 17.4 Å². The third-order valence-corrected chi connectivity index (χ3v) is 6.98. The van der Waals surface area contributed by atoms with E-state index in [4.69, 9.17) is 9.72 Å². The number of hydrogen-bond donors (Lipinski definition) is 0. The normalized spacial score (nSPS) is 15.3. The molecule has 0 spiro atoms. The Kier molecular flexibility index (Phi) is 4.94. The lowest BCUT2D eigenvalue weighted by molar-refractivity contribution is 0.343. The zero-order valence-electron chi connectivity index (χ0n) is 17.2. The molecule has 0 saturated carbocycles. The third-order valence-electron chi connectivity index (χ3n) is 5.90. The Morgan fingerprint density at radius 3 is 2.83 bits per heavy atom. The molecule has 1 aromatic carbocycles. The fourth-order valence-corrected chi connectivity index (χ4v) is 5.32. The first-order valence-electron chi connectivity index (χ1n) is 10.4. The lowest BCUT2D eigenvalue weighted by Crippen LogP contribution is -2.36. The fraction of sp³-hybridized carbons (Fsp3) is 0.409. The smallest absolute Gasteiger partial charge is 0.330 e. The van der Waals surface area contributed by atoms with Gasteiger partial charge in [-0.15, -0.1) is 0 Å². The molecule has 0 unspecified atom stereocenters. The summed E-state index contributed by atoms with van der Waals surface area (Å²) in [6.45, 7) is 5.24. The van der Waals surface area contributed by atoms with E-state index in [1.54, 1.807) is 22.1 Å². The Bertz CT molecular complexity index is 1250. The molecule has 0 N–H and O–H groups in total. The van der Waals surface area contributed by atoms with Crippen LogP contribution in [0.1, 0.15) is 19.8 Å². The Hall–Kier alpha value is -2.87. The number of anilines is 1. The molecule has 7 nitrogen and oxygen atoms in total. The SMILES string of the molecule is CCOc1cccc2sc(N3CCC(Cn4c(=O)n(C)c5cccnc54)CC3)nc12. The maximum atomic E-state index is 12.7. The molecule has 1 saturated heterocycles. The minimum atomic E-state index is 0.0146. The second-order valence-electron chi connectivity index (χ2n) is 7.76. The number of aryl methyl sites for hydroxylation is 1. The summed E-state index contributed by atoms with van der Waals surface area (Å²) in [6.07, 6.45) is 3.82. The first kappa shape index (κ1) is 19.1. The van der Waals surface area contributed by atoms with Crippen LogP contribution in [0, 0.1) is 5.92 Å². The molecule has 0 aliphatic carbocycles. The van der Waals surface area contributed by atoms with Crippen molar-refractivity contribution in [2.24, 2.45) is 13.0 Å². The summed E-state index contributed by atoms with van der Waals surface area (Å²) in [6, 6.07) is 9.94. The molecule has 0 radical (unpaired) electrons. The van der Waals surface area contributed by atoms with Crippen LogP contribution in [0.2, 0.25) is 0 Å². The molecular formula is C22H25N5O2S. The van der Waals surface area contributed by atoms with Crippen LogP contribution in [0.4, 0.5) is 5.13 Å². The topological polar surface area (TPSA) is 65.2 Å². The van der Waals surface area contributed by atoms with Crippen molar-refractivity contribution < 1.29 is 4.74 Å². The first-order valence-corrected chi connectivity index (χ1v) is 11.2. The number of ether oxygens (including phenoxy) is 1.